The minimum absolute atomic E-state index is 0. The molecule has 0 radical (unpaired) electrons. The summed E-state index contributed by atoms with van der Waals surface area (Å²) >= 11 is 0. The van der Waals surface area contributed by atoms with Gasteiger partial charge in [-0.1, -0.05) is 7.43 Å². The van der Waals surface area contributed by atoms with Gasteiger partial charge in [-0.2, -0.15) is 0 Å². The molecule has 0 amide bonds. The molecule has 1 aromatic heterocycles. The van der Waals surface area contributed by atoms with Crippen molar-refractivity contribution in [1.29, 1.82) is 0 Å². The van der Waals surface area contributed by atoms with Gasteiger partial charge in [0.2, 0.25) is 0 Å². The Kier molecular flexibility index (Phi) is 2.04. The molecule has 0 unspecified atom stereocenters. The molecular formula is C3H6N2O. The van der Waals surface area contributed by atoms with Gasteiger partial charge in [0.1, 0.15) is 6.26 Å². The van der Waals surface area contributed by atoms with Gasteiger partial charge in [-0.05, 0) is 0 Å². The lowest BCUT2D eigenvalue weighted by Gasteiger charge is -1.45. The summed E-state index contributed by atoms with van der Waals surface area (Å²) in [5, 5.41) is 6.40. The maximum atomic E-state index is 4.22. The van der Waals surface area contributed by atoms with Crippen molar-refractivity contribution in [1.82, 2.24) is 10.4 Å². The van der Waals surface area contributed by atoms with Crippen LogP contribution in [0.15, 0.2) is 17.0 Å². The number of hydrogen-bond donors (Lipinski definition) is 0. The molecule has 1 heterocycles. The van der Waals surface area contributed by atoms with Crippen molar-refractivity contribution in [2.75, 3.05) is 0 Å². The second kappa shape index (κ2) is 2.38. The molecule has 0 aromatic carbocycles. The topological polar surface area (TPSA) is 38.9 Å². The van der Waals surface area contributed by atoms with E-state index < -0.39 is 0 Å². The van der Waals surface area contributed by atoms with E-state index in [-0.39, 0.29) is 7.43 Å². The maximum Gasteiger partial charge on any atom is 0.144 e. The summed E-state index contributed by atoms with van der Waals surface area (Å²) in [6.45, 7) is 0. The SMILES string of the molecule is C.c1conn1. The predicted octanol–water partition coefficient (Wildman–Crippen LogP) is 0.706. The Morgan fingerprint density at radius 3 is 2.50 bits per heavy atom. The van der Waals surface area contributed by atoms with Crippen LogP contribution < -0.4 is 0 Å². The third-order valence-electron chi connectivity index (χ3n) is 0.283. The van der Waals surface area contributed by atoms with Crippen LogP contribution in [0.5, 0.6) is 0 Å². The monoisotopic (exact) mass is 86.0 g/mol. The van der Waals surface area contributed by atoms with E-state index in [0.29, 0.717) is 0 Å². The van der Waals surface area contributed by atoms with Crippen LogP contribution in [0.2, 0.25) is 0 Å². The van der Waals surface area contributed by atoms with E-state index in [1.165, 1.54) is 12.5 Å². The predicted molar refractivity (Wildman–Crippen MR) is 21.0 cm³/mol. The fourth-order valence-corrected chi connectivity index (χ4v) is 0.136. The van der Waals surface area contributed by atoms with Crippen molar-refractivity contribution < 1.29 is 4.52 Å². The highest BCUT2D eigenvalue weighted by Crippen LogP contribution is 1.64. The van der Waals surface area contributed by atoms with Gasteiger partial charge in [0.05, 0.1) is 6.20 Å². The Labute approximate surface area is 36.0 Å². The Morgan fingerprint density at radius 2 is 2.33 bits per heavy atom. The van der Waals surface area contributed by atoms with E-state index in [0.717, 1.165) is 0 Å². The fraction of sp³-hybridized carbons (Fsp3) is 0.333. The molecule has 0 aliphatic heterocycles. The lowest BCUT2D eigenvalue weighted by molar-refractivity contribution is 0.393. The highest BCUT2D eigenvalue weighted by atomic mass is 16.5. The van der Waals surface area contributed by atoms with Gasteiger partial charge in [-0.25, -0.2) is 0 Å². The van der Waals surface area contributed by atoms with Crippen LogP contribution in [0.25, 0.3) is 0 Å². The van der Waals surface area contributed by atoms with Crippen LogP contribution in [0.4, 0.5) is 0 Å². The molecule has 0 saturated heterocycles. The van der Waals surface area contributed by atoms with Gasteiger partial charge in [-0.15, -0.1) is 5.10 Å². The summed E-state index contributed by atoms with van der Waals surface area (Å²) in [5.74, 6) is 0. The van der Waals surface area contributed by atoms with Crippen LogP contribution in [0.3, 0.4) is 0 Å². The molecule has 0 atom stereocenters. The normalized spacial score (nSPS) is 6.67. The Balaban J connectivity index is 0.000000250. The molecule has 0 fully saturated rings. The van der Waals surface area contributed by atoms with Gasteiger partial charge in [0.15, 0.2) is 0 Å². The highest BCUT2D eigenvalue weighted by Gasteiger charge is 1.61. The zero-order valence-corrected chi connectivity index (χ0v) is 2.46. The third kappa shape index (κ3) is 0.839. The van der Waals surface area contributed by atoms with Crippen molar-refractivity contribution in [2.24, 2.45) is 0 Å². The molecule has 1 rings (SSSR count). The Morgan fingerprint density at radius 1 is 1.50 bits per heavy atom. The summed E-state index contributed by atoms with van der Waals surface area (Å²) in [6, 6.07) is 0. The molecule has 0 spiro atoms. The van der Waals surface area contributed by atoms with E-state index in [4.69, 9.17) is 0 Å². The number of aromatic nitrogens is 2. The summed E-state index contributed by atoms with van der Waals surface area (Å²) in [5.41, 5.74) is 0. The molecule has 1 aromatic rings. The molecule has 0 bridgehead atoms. The summed E-state index contributed by atoms with van der Waals surface area (Å²) < 4.78 is 4.22. The van der Waals surface area contributed by atoms with Gasteiger partial charge >= 0.3 is 0 Å². The molecule has 0 saturated carbocycles. The van der Waals surface area contributed by atoms with Gasteiger partial charge in [0, 0.05) is 5.27 Å². The lowest BCUT2D eigenvalue weighted by atomic mass is 11.0. The van der Waals surface area contributed by atoms with Gasteiger partial charge in [0.25, 0.3) is 0 Å². The van der Waals surface area contributed by atoms with Crippen LogP contribution in [0.1, 0.15) is 7.43 Å². The molecule has 0 aliphatic rings. The number of nitrogens with zero attached hydrogens (tertiary/aromatic N) is 2. The van der Waals surface area contributed by atoms with Crippen molar-refractivity contribution in [2.45, 2.75) is 7.43 Å². The molecule has 6 heavy (non-hydrogen) atoms. The van der Waals surface area contributed by atoms with E-state index >= 15 is 0 Å². The van der Waals surface area contributed by atoms with Crippen molar-refractivity contribution in [3.05, 3.63) is 12.5 Å². The summed E-state index contributed by atoms with van der Waals surface area (Å²) in [6.07, 6.45) is 2.88. The highest BCUT2D eigenvalue weighted by molar-refractivity contribution is 4.48. The van der Waals surface area contributed by atoms with Crippen LogP contribution in [-0.4, -0.2) is 10.4 Å². The maximum absolute atomic E-state index is 4.22. The molecule has 3 nitrogen and oxygen atoms in total. The van der Waals surface area contributed by atoms with Crippen LogP contribution in [-0.2, 0) is 0 Å². The zero-order valence-electron chi connectivity index (χ0n) is 2.46. The molecule has 0 N–H and O–H groups in total. The molecular weight excluding hydrogens is 80.0 g/mol. The van der Waals surface area contributed by atoms with E-state index in [2.05, 4.69) is 14.9 Å². The summed E-state index contributed by atoms with van der Waals surface area (Å²) in [4.78, 5) is 0. The standard InChI is InChI=1S/C2H2N2O.CH4/c1-2-5-4-3-1;/h1-2H;1H4. The van der Waals surface area contributed by atoms with Crippen LogP contribution >= 0.6 is 0 Å². The fourth-order valence-electron chi connectivity index (χ4n) is 0.136. The lowest BCUT2D eigenvalue weighted by Crippen LogP contribution is -1.53. The Hall–Kier alpha value is -0.860. The van der Waals surface area contributed by atoms with Crippen molar-refractivity contribution in [3.8, 4) is 0 Å². The zero-order chi connectivity index (χ0) is 3.54. The van der Waals surface area contributed by atoms with Gasteiger partial charge < -0.3 is 4.52 Å². The quantitative estimate of drug-likeness (QED) is 0.466. The molecule has 3 heteroatoms. The largest absolute Gasteiger partial charge is 0.346 e. The van der Waals surface area contributed by atoms with E-state index in [9.17, 15) is 0 Å². The van der Waals surface area contributed by atoms with Crippen LogP contribution in [0, 0.1) is 0 Å². The molecule has 34 valence electrons. The third-order valence-corrected chi connectivity index (χ3v) is 0.283. The second-order valence-electron chi connectivity index (χ2n) is 0.588. The average molecular weight is 86.1 g/mol. The number of hydrogen-bond acceptors (Lipinski definition) is 3. The first-order valence-electron chi connectivity index (χ1n) is 1.21. The first-order chi connectivity index (χ1) is 2.50. The van der Waals surface area contributed by atoms with Gasteiger partial charge in [-0.3, -0.25) is 0 Å². The van der Waals surface area contributed by atoms with E-state index in [1.54, 1.807) is 0 Å². The number of rotatable bonds is 0. The van der Waals surface area contributed by atoms with Crippen molar-refractivity contribution in [3.63, 3.8) is 0 Å². The van der Waals surface area contributed by atoms with E-state index in [1.807, 2.05) is 0 Å². The first kappa shape index (κ1) is 5.14. The molecule has 0 aliphatic carbocycles. The second-order valence-corrected chi connectivity index (χ2v) is 0.588. The van der Waals surface area contributed by atoms with Crippen molar-refractivity contribution >= 4 is 0 Å². The first-order valence-corrected chi connectivity index (χ1v) is 1.21. The minimum Gasteiger partial charge on any atom is -0.346 e. The Bertz CT molecular complexity index is 65.3. The average Bonchev–Trinajstić information content (AvgIpc) is 1.76. The minimum atomic E-state index is 0. The smallest absolute Gasteiger partial charge is 0.144 e. The summed E-state index contributed by atoms with van der Waals surface area (Å²) in [7, 11) is 0.